The number of anilines is 1. The summed E-state index contributed by atoms with van der Waals surface area (Å²) >= 11 is 5.87. The van der Waals surface area contributed by atoms with Crippen LogP contribution in [0.25, 0.3) is 0 Å². The summed E-state index contributed by atoms with van der Waals surface area (Å²) in [6, 6.07) is 11.4. The number of hydrogen-bond donors (Lipinski definition) is 3. The topological polar surface area (TPSA) is 64.1 Å². The van der Waals surface area contributed by atoms with Gasteiger partial charge in [-0.1, -0.05) is 29.8 Å². The molecule has 5 heteroatoms. The van der Waals surface area contributed by atoms with Crippen molar-refractivity contribution in [3.8, 4) is 0 Å². The Morgan fingerprint density at radius 2 is 1.84 bits per heavy atom. The summed E-state index contributed by atoms with van der Waals surface area (Å²) in [6.45, 7) is 0. The van der Waals surface area contributed by atoms with Crippen LogP contribution < -0.4 is 17.0 Å². The van der Waals surface area contributed by atoms with Crippen molar-refractivity contribution in [1.29, 1.82) is 0 Å². The van der Waals surface area contributed by atoms with Gasteiger partial charge in [0.05, 0.1) is 6.04 Å². The number of hydrogen-bond acceptors (Lipinski definition) is 3. The van der Waals surface area contributed by atoms with Gasteiger partial charge in [0, 0.05) is 10.7 Å². The molecule has 3 nitrogen and oxygen atoms in total. The van der Waals surface area contributed by atoms with Gasteiger partial charge in [-0.25, -0.2) is 4.39 Å². The van der Waals surface area contributed by atoms with Crippen LogP contribution in [-0.2, 0) is 6.42 Å². The molecule has 19 heavy (non-hydrogen) atoms. The van der Waals surface area contributed by atoms with Crippen molar-refractivity contribution in [3.63, 3.8) is 0 Å². The molecule has 0 amide bonds. The van der Waals surface area contributed by atoms with Crippen LogP contribution in [0.1, 0.15) is 17.2 Å². The number of nitrogens with two attached hydrogens (primary N) is 2. The van der Waals surface area contributed by atoms with Gasteiger partial charge in [-0.05, 0) is 41.8 Å². The average molecular weight is 280 g/mol. The highest BCUT2D eigenvalue weighted by molar-refractivity contribution is 6.30. The van der Waals surface area contributed by atoms with Gasteiger partial charge in [0.25, 0.3) is 0 Å². The molecule has 0 aliphatic rings. The Morgan fingerprint density at radius 1 is 1.16 bits per heavy atom. The second kappa shape index (κ2) is 6.02. The van der Waals surface area contributed by atoms with E-state index in [4.69, 9.17) is 23.2 Å². The molecule has 5 N–H and O–H groups in total. The molecule has 0 fully saturated rings. The van der Waals surface area contributed by atoms with Crippen LogP contribution in [0.4, 0.5) is 10.1 Å². The molecule has 0 aliphatic heterocycles. The zero-order chi connectivity index (χ0) is 13.8. The molecule has 0 saturated carbocycles. The molecule has 0 aliphatic carbocycles. The molecule has 2 aromatic carbocycles. The molecule has 100 valence electrons. The summed E-state index contributed by atoms with van der Waals surface area (Å²) in [6.07, 6.45) is 0.614. The van der Waals surface area contributed by atoms with Gasteiger partial charge in [0.2, 0.25) is 0 Å². The fourth-order valence-corrected chi connectivity index (χ4v) is 2.16. The highest BCUT2D eigenvalue weighted by atomic mass is 35.5. The predicted molar refractivity (Wildman–Crippen MR) is 76.0 cm³/mol. The summed E-state index contributed by atoms with van der Waals surface area (Å²) < 4.78 is 12.9. The Balaban J connectivity index is 2.22. The first-order valence-electron chi connectivity index (χ1n) is 5.85. The van der Waals surface area contributed by atoms with Crippen LogP contribution in [0.3, 0.4) is 0 Å². The number of halogens is 2. The monoisotopic (exact) mass is 279 g/mol. The lowest BCUT2D eigenvalue weighted by molar-refractivity contribution is 0.552. The van der Waals surface area contributed by atoms with E-state index in [0.29, 0.717) is 17.1 Å². The van der Waals surface area contributed by atoms with E-state index in [9.17, 15) is 4.39 Å². The number of nitrogen functional groups attached to an aromatic ring is 1. The first kappa shape index (κ1) is 13.8. The highest BCUT2D eigenvalue weighted by Gasteiger charge is 2.13. The number of nitrogens with one attached hydrogen (secondary N) is 1. The largest absolute Gasteiger partial charge is 0.398 e. The Hall–Kier alpha value is -1.62. The Labute approximate surface area is 116 Å². The summed E-state index contributed by atoms with van der Waals surface area (Å²) in [5.41, 5.74) is 11.1. The van der Waals surface area contributed by atoms with E-state index in [0.717, 1.165) is 11.1 Å². The molecule has 1 unspecified atom stereocenters. The lowest BCUT2D eigenvalue weighted by atomic mass is 9.98. The number of rotatable bonds is 4. The van der Waals surface area contributed by atoms with Gasteiger partial charge < -0.3 is 5.73 Å². The SMILES string of the molecule is NNC(Cc1ccc(F)cc1)c1ccc(Cl)cc1N. The molecule has 1 atom stereocenters. The molecule has 0 spiro atoms. The van der Waals surface area contributed by atoms with Crippen LogP contribution in [-0.4, -0.2) is 0 Å². The van der Waals surface area contributed by atoms with Gasteiger partial charge in [0.1, 0.15) is 5.82 Å². The molecule has 0 heterocycles. The first-order valence-corrected chi connectivity index (χ1v) is 6.23. The zero-order valence-corrected chi connectivity index (χ0v) is 11.0. The van der Waals surface area contributed by atoms with Gasteiger partial charge in [-0.3, -0.25) is 11.3 Å². The molecule has 0 bridgehead atoms. The highest BCUT2D eigenvalue weighted by Crippen LogP contribution is 2.26. The van der Waals surface area contributed by atoms with Crippen molar-refractivity contribution in [3.05, 3.63) is 64.4 Å². The molecular formula is C14H15ClFN3. The summed E-state index contributed by atoms with van der Waals surface area (Å²) in [5.74, 6) is 5.32. The fraction of sp³-hybridized carbons (Fsp3) is 0.143. The zero-order valence-electron chi connectivity index (χ0n) is 10.2. The van der Waals surface area contributed by atoms with Crippen molar-refractivity contribution in [2.24, 2.45) is 5.84 Å². The van der Waals surface area contributed by atoms with E-state index in [1.807, 2.05) is 6.07 Å². The maximum Gasteiger partial charge on any atom is 0.123 e. The van der Waals surface area contributed by atoms with E-state index in [2.05, 4.69) is 5.43 Å². The minimum atomic E-state index is -0.257. The molecule has 0 saturated heterocycles. The Morgan fingerprint density at radius 3 is 2.42 bits per heavy atom. The third-order valence-electron chi connectivity index (χ3n) is 2.98. The molecule has 0 radical (unpaired) electrons. The maximum absolute atomic E-state index is 12.9. The summed E-state index contributed by atoms with van der Waals surface area (Å²) in [4.78, 5) is 0. The van der Waals surface area contributed by atoms with Crippen LogP contribution in [0.5, 0.6) is 0 Å². The minimum absolute atomic E-state index is 0.150. The normalized spacial score (nSPS) is 12.4. The van der Waals surface area contributed by atoms with E-state index in [1.54, 1.807) is 24.3 Å². The lowest BCUT2D eigenvalue weighted by Gasteiger charge is -2.18. The van der Waals surface area contributed by atoms with Crippen LogP contribution >= 0.6 is 11.6 Å². The molecule has 2 rings (SSSR count). The number of hydrazine groups is 1. The third-order valence-corrected chi connectivity index (χ3v) is 3.21. The minimum Gasteiger partial charge on any atom is -0.398 e. The summed E-state index contributed by atoms with van der Waals surface area (Å²) in [5, 5.41) is 0.582. The fourth-order valence-electron chi connectivity index (χ4n) is 1.98. The van der Waals surface area contributed by atoms with Crippen molar-refractivity contribution in [2.45, 2.75) is 12.5 Å². The second-order valence-electron chi connectivity index (χ2n) is 4.32. The van der Waals surface area contributed by atoms with Crippen LogP contribution in [0, 0.1) is 5.82 Å². The predicted octanol–water partition coefficient (Wildman–Crippen LogP) is 2.81. The Bertz CT molecular complexity index is 557. The lowest BCUT2D eigenvalue weighted by Crippen LogP contribution is -2.30. The first-order chi connectivity index (χ1) is 9.10. The Kier molecular flexibility index (Phi) is 4.37. The smallest absolute Gasteiger partial charge is 0.123 e. The molecular weight excluding hydrogens is 265 g/mol. The second-order valence-corrected chi connectivity index (χ2v) is 4.76. The molecule has 2 aromatic rings. The van der Waals surface area contributed by atoms with Gasteiger partial charge in [-0.15, -0.1) is 0 Å². The van der Waals surface area contributed by atoms with Gasteiger partial charge in [0.15, 0.2) is 0 Å². The van der Waals surface area contributed by atoms with Crippen molar-refractivity contribution in [2.75, 3.05) is 5.73 Å². The summed E-state index contributed by atoms with van der Waals surface area (Å²) in [7, 11) is 0. The quantitative estimate of drug-likeness (QED) is 0.458. The van der Waals surface area contributed by atoms with Crippen molar-refractivity contribution >= 4 is 17.3 Å². The van der Waals surface area contributed by atoms with E-state index >= 15 is 0 Å². The standard InChI is InChI=1S/C14H15ClFN3/c15-10-3-6-12(13(17)8-10)14(19-18)7-9-1-4-11(16)5-2-9/h1-6,8,14,19H,7,17-18H2. The van der Waals surface area contributed by atoms with E-state index in [1.165, 1.54) is 12.1 Å². The van der Waals surface area contributed by atoms with Crippen molar-refractivity contribution in [1.82, 2.24) is 5.43 Å². The number of benzene rings is 2. The average Bonchev–Trinajstić information content (AvgIpc) is 2.39. The van der Waals surface area contributed by atoms with E-state index < -0.39 is 0 Å². The van der Waals surface area contributed by atoms with Crippen molar-refractivity contribution < 1.29 is 4.39 Å². The van der Waals surface area contributed by atoms with Crippen LogP contribution in [0.15, 0.2) is 42.5 Å². The maximum atomic E-state index is 12.9. The molecule has 0 aromatic heterocycles. The van der Waals surface area contributed by atoms with Gasteiger partial charge in [-0.2, -0.15) is 0 Å². The van der Waals surface area contributed by atoms with E-state index in [-0.39, 0.29) is 11.9 Å². The van der Waals surface area contributed by atoms with Crippen LogP contribution in [0.2, 0.25) is 5.02 Å². The third kappa shape index (κ3) is 3.44. The van der Waals surface area contributed by atoms with Gasteiger partial charge >= 0.3 is 0 Å².